The first-order chi connectivity index (χ1) is 7.68. The summed E-state index contributed by atoms with van der Waals surface area (Å²) in [5.74, 6) is -1.93. The van der Waals surface area contributed by atoms with Crippen molar-refractivity contribution < 1.29 is 17.2 Å². The second kappa shape index (κ2) is 4.99. The molecule has 0 radical (unpaired) electrons. The summed E-state index contributed by atoms with van der Waals surface area (Å²) in [6.45, 7) is 3.28. The van der Waals surface area contributed by atoms with E-state index in [4.69, 9.17) is 0 Å². The molecule has 0 atom stereocenters. The molecule has 0 saturated heterocycles. The molecular formula is C10H12BrF2NO2S. The van der Waals surface area contributed by atoms with Gasteiger partial charge in [0.15, 0.2) is 0 Å². The van der Waals surface area contributed by atoms with E-state index >= 15 is 0 Å². The molecule has 0 heterocycles. The molecule has 0 spiro atoms. The van der Waals surface area contributed by atoms with Gasteiger partial charge in [-0.15, -0.1) is 0 Å². The molecule has 0 fully saturated rings. The van der Waals surface area contributed by atoms with E-state index in [9.17, 15) is 17.2 Å². The third-order valence-electron chi connectivity index (χ3n) is 1.93. The topological polar surface area (TPSA) is 46.2 Å². The molecule has 1 aromatic rings. The zero-order valence-electron chi connectivity index (χ0n) is 9.30. The number of sulfonamides is 1. The van der Waals surface area contributed by atoms with E-state index in [2.05, 4.69) is 20.7 Å². The lowest BCUT2D eigenvalue weighted by Crippen LogP contribution is -2.44. The van der Waals surface area contributed by atoms with Gasteiger partial charge in [-0.25, -0.2) is 21.9 Å². The summed E-state index contributed by atoms with van der Waals surface area (Å²) in [5, 5.41) is 0.363. The predicted molar refractivity (Wildman–Crippen MR) is 64.6 cm³/mol. The minimum Gasteiger partial charge on any atom is -0.207 e. The summed E-state index contributed by atoms with van der Waals surface area (Å²) in [6.07, 6.45) is 0. The Balaban J connectivity index is 3.14. The van der Waals surface area contributed by atoms with Gasteiger partial charge in [0.1, 0.15) is 16.5 Å². The summed E-state index contributed by atoms with van der Waals surface area (Å²) in [5.41, 5.74) is -0.764. The van der Waals surface area contributed by atoms with Crippen molar-refractivity contribution in [2.45, 2.75) is 24.3 Å². The fourth-order valence-corrected chi connectivity index (χ4v) is 2.94. The Labute approximate surface area is 107 Å². The third kappa shape index (κ3) is 3.72. The lowest BCUT2D eigenvalue weighted by molar-refractivity contribution is 0.492. The first-order valence-corrected chi connectivity index (χ1v) is 7.33. The number of benzene rings is 1. The molecule has 96 valence electrons. The SMILES string of the molecule is CC(C)(CBr)NS(=O)(=O)c1ccc(F)cc1F. The highest BCUT2D eigenvalue weighted by molar-refractivity contribution is 9.09. The number of halogens is 3. The van der Waals surface area contributed by atoms with Gasteiger partial charge in [-0.3, -0.25) is 0 Å². The normalized spacial score (nSPS) is 12.8. The van der Waals surface area contributed by atoms with Crippen LogP contribution in [0, 0.1) is 11.6 Å². The first kappa shape index (κ1) is 14.5. The van der Waals surface area contributed by atoms with Crippen LogP contribution in [-0.2, 0) is 10.0 Å². The van der Waals surface area contributed by atoms with Crippen LogP contribution in [0.4, 0.5) is 8.78 Å². The van der Waals surface area contributed by atoms with E-state index in [-0.39, 0.29) is 0 Å². The van der Waals surface area contributed by atoms with Crippen molar-refractivity contribution in [1.29, 1.82) is 0 Å². The maximum atomic E-state index is 13.4. The molecule has 1 aromatic carbocycles. The van der Waals surface area contributed by atoms with E-state index < -0.39 is 32.1 Å². The maximum Gasteiger partial charge on any atom is 0.243 e. The molecule has 0 unspecified atom stereocenters. The van der Waals surface area contributed by atoms with Gasteiger partial charge in [0.25, 0.3) is 0 Å². The molecule has 0 aromatic heterocycles. The van der Waals surface area contributed by atoms with Gasteiger partial charge in [-0.1, -0.05) is 15.9 Å². The van der Waals surface area contributed by atoms with Crippen LogP contribution in [0.1, 0.15) is 13.8 Å². The molecule has 17 heavy (non-hydrogen) atoms. The van der Waals surface area contributed by atoms with Gasteiger partial charge in [0.05, 0.1) is 0 Å². The number of hydrogen-bond donors (Lipinski definition) is 1. The standard InChI is InChI=1S/C10H12BrF2NO2S/c1-10(2,6-11)14-17(15,16)9-4-3-7(12)5-8(9)13/h3-5,14H,6H2,1-2H3. The Kier molecular flexibility index (Phi) is 4.27. The molecule has 0 amide bonds. The van der Waals surface area contributed by atoms with Crippen LogP contribution in [0.3, 0.4) is 0 Å². The van der Waals surface area contributed by atoms with Crippen LogP contribution >= 0.6 is 15.9 Å². The quantitative estimate of drug-likeness (QED) is 0.863. The number of hydrogen-bond acceptors (Lipinski definition) is 2. The molecule has 0 aliphatic rings. The van der Waals surface area contributed by atoms with Crippen LogP contribution in [0.5, 0.6) is 0 Å². The number of nitrogens with one attached hydrogen (secondary N) is 1. The van der Waals surface area contributed by atoms with Crippen molar-refractivity contribution in [3.63, 3.8) is 0 Å². The van der Waals surface area contributed by atoms with Crippen molar-refractivity contribution in [1.82, 2.24) is 4.72 Å². The van der Waals surface area contributed by atoms with E-state index in [0.29, 0.717) is 11.4 Å². The lowest BCUT2D eigenvalue weighted by atomic mass is 10.1. The molecule has 0 aliphatic heterocycles. The van der Waals surface area contributed by atoms with Crippen LogP contribution < -0.4 is 4.72 Å². The highest BCUT2D eigenvalue weighted by atomic mass is 79.9. The largest absolute Gasteiger partial charge is 0.243 e. The minimum atomic E-state index is -4.00. The molecule has 1 N–H and O–H groups in total. The van der Waals surface area contributed by atoms with Gasteiger partial charge >= 0.3 is 0 Å². The van der Waals surface area contributed by atoms with Gasteiger partial charge < -0.3 is 0 Å². The van der Waals surface area contributed by atoms with E-state index in [0.717, 1.165) is 12.1 Å². The Morgan fingerprint density at radius 1 is 1.35 bits per heavy atom. The van der Waals surface area contributed by atoms with Crippen LogP contribution in [0.2, 0.25) is 0 Å². The molecule has 1 rings (SSSR count). The summed E-state index contributed by atoms with van der Waals surface area (Å²) < 4.78 is 52.0. The summed E-state index contributed by atoms with van der Waals surface area (Å²) >= 11 is 3.15. The summed E-state index contributed by atoms with van der Waals surface area (Å²) in [7, 11) is -4.00. The van der Waals surface area contributed by atoms with Crippen LogP contribution in [0.25, 0.3) is 0 Å². The van der Waals surface area contributed by atoms with Gasteiger partial charge in [-0.05, 0) is 26.0 Å². The third-order valence-corrected chi connectivity index (χ3v) is 5.06. The Bertz CT molecular complexity index is 517. The smallest absolute Gasteiger partial charge is 0.207 e. The van der Waals surface area contributed by atoms with Crippen LogP contribution in [0.15, 0.2) is 23.1 Å². The Hall–Kier alpha value is -0.530. The van der Waals surface area contributed by atoms with E-state index in [1.165, 1.54) is 0 Å². The molecule has 0 bridgehead atoms. The number of rotatable bonds is 4. The van der Waals surface area contributed by atoms with E-state index in [1.54, 1.807) is 13.8 Å². The van der Waals surface area contributed by atoms with E-state index in [1.807, 2.05) is 0 Å². The second-order valence-corrected chi connectivity index (χ2v) is 6.41. The maximum absolute atomic E-state index is 13.4. The van der Waals surface area contributed by atoms with Crippen molar-refractivity contribution in [3.8, 4) is 0 Å². The summed E-state index contributed by atoms with van der Waals surface area (Å²) in [6, 6.07) is 2.34. The fraction of sp³-hybridized carbons (Fsp3) is 0.400. The molecular weight excluding hydrogens is 316 g/mol. The first-order valence-electron chi connectivity index (χ1n) is 4.73. The van der Waals surface area contributed by atoms with Crippen LogP contribution in [-0.4, -0.2) is 19.3 Å². The van der Waals surface area contributed by atoms with Crippen molar-refractivity contribution in [3.05, 3.63) is 29.8 Å². The van der Waals surface area contributed by atoms with Gasteiger partial charge in [0, 0.05) is 16.9 Å². The summed E-state index contributed by atoms with van der Waals surface area (Å²) in [4.78, 5) is -0.562. The predicted octanol–water partition coefficient (Wildman–Crippen LogP) is 2.42. The number of alkyl halides is 1. The van der Waals surface area contributed by atoms with Gasteiger partial charge in [-0.2, -0.15) is 0 Å². The average molecular weight is 328 g/mol. The molecule has 7 heteroatoms. The molecule has 3 nitrogen and oxygen atoms in total. The Morgan fingerprint density at radius 2 is 1.94 bits per heavy atom. The van der Waals surface area contributed by atoms with Crippen molar-refractivity contribution >= 4 is 26.0 Å². The van der Waals surface area contributed by atoms with Crippen molar-refractivity contribution in [2.75, 3.05) is 5.33 Å². The zero-order valence-corrected chi connectivity index (χ0v) is 11.7. The fourth-order valence-electron chi connectivity index (χ4n) is 1.14. The Morgan fingerprint density at radius 3 is 2.41 bits per heavy atom. The zero-order chi connectivity index (χ0) is 13.3. The highest BCUT2D eigenvalue weighted by Gasteiger charge is 2.27. The second-order valence-electron chi connectivity index (χ2n) is 4.20. The average Bonchev–Trinajstić information content (AvgIpc) is 2.15. The highest BCUT2D eigenvalue weighted by Crippen LogP contribution is 2.18. The minimum absolute atomic E-state index is 0.363. The molecule has 0 saturated carbocycles. The lowest BCUT2D eigenvalue weighted by Gasteiger charge is -2.23. The molecule has 0 aliphatic carbocycles. The van der Waals surface area contributed by atoms with Gasteiger partial charge in [0.2, 0.25) is 10.0 Å². The van der Waals surface area contributed by atoms with Crippen molar-refractivity contribution in [2.24, 2.45) is 0 Å². The monoisotopic (exact) mass is 327 g/mol.